The van der Waals surface area contributed by atoms with Gasteiger partial charge >= 0.3 is 0 Å². The van der Waals surface area contributed by atoms with Crippen LogP contribution in [0.15, 0.2) is 88.3 Å². The molecule has 0 N–H and O–H groups in total. The molecule has 0 fully saturated rings. The highest BCUT2D eigenvalue weighted by Gasteiger charge is 2.29. The summed E-state index contributed by atoms with van der Waals surface area (Å²) in [6, 6.07) is 22.9. The summed E-state index contributed by atoms with van der Waals surface area (Å²) < 4.78 is 9.77. The Morgan fingerprint density at radius 3 is 2.65 bits per heavy atom. The number of halogens is 2. The third-order valence-electron chi connectivity index (χ3n) is 7.36. The molecule has 9 heteroatoms. The van der Waals surface area contributed by atoms with Gasteiger partial charge in [-0.2, -0.15) is 5.10 Å². The standard InChI is InChI=1S/C31H26BrClN4O3/c1-40-24-9-5-8-23(17-24)36-29-22(11-10-20-6-3-2-4-7-20)18-34-37(29)28-19-35(15-14-25(28)31(36)39)30(38)21-12-13-26(32)27(33)16-21/h2-9,12-13,16-18H,10-11,14-15,19H2,1H3. The first-order chi connectivity index (χ1) is 19.4. The Kier molecular flexibility index (Phi) is 7.21. The van der Waals surface area contributed by atoms with E-state index < -0.39 is 0 Å². The number of hydrogen-bond donors (Lipinski definition) is 0. The molecule has 0 aliphatic carbocycles. The van der Waals surface area contributed by atoms with Crippen LogP contribution in [0.5, 0.6) is 5.75 Å². The lowest BCUT2D eigenvalue weighted by Crippen LogP contribution is -2.41. The summed E-state index contributed by atoms with van der Waals surface area (Å²) in [5.74, 6) is 0.525. The molecule has 5 aromatic rings. The van der Waals surface area contributed by atoms with E-state index in [1.54, 1.807) is 34.8 Å². The van der Waals surface area contributed by atoms with Crippen molar-refractivity contribution in [2.24, 2.45) is 0 Å². The molecule has 1 aliphatic heterocycles. The summed E-state index contributed by atoms with van der Waals surface area (Å²) in [7, 11) is 1.61. The highest BCUT2D eigenvalue weighted by Crippen LogP contribution is 2.27. The Morgan fingerprint density at radius 1 is 1.05 bits per heavy atom. The van der Waals surface area contributed by atoms with Gasteiger partial charge in [0.1, 0.15) is 11.4 Å². The van der Waals surface area contributed by atoms with Crippen molar-refractivity contribution in [2.75, 3.05) is 13.7 Å². The lowest BCUT2D eigenvalue weighted by atomic mass is 10.0. The van der Waals surface area contributed by atoms with Gasteiger partial charge in [0.25, 0.3) is 11.5 Å². The highest BCUT2D eigenvalue weighted by molar-refractivity contribution is 9.10. The van der Waals surface area contributed by atoms with Crippen molar-refractivity contribution in [1.82, 2.24) is 19.1 Å². The van der Waals surface area contributed by atoms with Gasteiger partial charge in [-0.1, -0.05) is 48.0 Å². The predicted molar refractivity (Wildman–Crippen MR) is 159 cm³/mol. The highest BCUT2D eigenvalue weighted by atomic mass is 79.9. The first-order valence-corrected chi connectivity index (χ1v) is 14.2. The van der Waals surface area contributed by atoms with Gasteiger partial charge in [0.15, 0.2) is 0 Å². The molecule has 1 amide bonds. The summed E-state index contributed by atoms with van der Waals surface area (Å²) in [6.07, 6.45) is 3.77. The Labute approximate surface area is 244 Å². The number of aryl methyl sites for hydroxylation is 2. The second-order valence-electron chi connectivity index (χ2n) is 9.76. The minimum absolute atomic E-state index is 0.101. The minimum Gasteiger partial charge on any atom is -0.497 e. The molecule has 0 saturated heterocycles. The fourth-order valence-corrected chi connectivity index (χ4v) is 5.72. The van der Waals surface area contributed by atoms with E-state index in [0.29, 0.717) is 52.6 Å². The number of amides is 1. The van der Waals surface area contributed by atoms with Crippen LogP contribution in [-0.2, 0) is 25.8 Å². The van der Waals surface area contributed by atoms with Crippen LogP contribution in [0.1, 0.15) is 32.7 Å². The van der Waals surface area contributed by atoms with Crippen molar-refractivity contribution in [2.45, 2.75) is 25.8 Å². The van der Waals surface area contributed by atoms with Crippen molar-refractivity contribution in [3.05, 3.63) is 127 Å². The Bertz CT molecular complexity index is 1800. The average Bonchev–Trinajstić information content (AvgIpc) is 3.41. The Hall–Kier alpha value is -3.88. The SMILES string of the molecule is COc1cccc(-n2c(=O)c3c(n4ncc(CCc5ccccc5)c24)CN(C(=O)c2ccc(Br)c(Cl)c2)CC3)c1. The normalized spacial score (nSPS) is 12.9. The van der Waals surface area contributed by atoms with Gasteiger partial charge in [0, 0.05) is 33.8 Å². The number of fused-ring (bicyclic) bond motifs is 3. The van der Waals surface area contributed by atoms with Gasteiger partial charge in [-0.3, -0.25) is 14.2 Å². The first kappa shape index (κ1) is 26.3. The number of rotatable bonds is 6. The number of methoxy groups -OCH3 is 1. The number of benzene rings is 3. The molecular formula is C31H26BrClN4O3. The molecule has 0 bridgehead atoms. The third kappa shape index (κ3) is 4.82. The number of ether oxygens (including phenoxy) is 1. The maximum absolute atomic E-state index is 14.1. The summed E-state index contributed by atoms with van der Waals surface area (Å²) in [5.41, 5.74) is 5.36. The second kappa shape index (κ2) is 10.9. The van der Waals surface area contributed by atoms with Gasteiger partial charge < -0.3 is 9.64 Å². The smallest absolute Gasteiger partial charge is 0.261 e. The monoisotopic (exact) mass is 616 g/mol. The number of aromatic nitrogens is 3. The van der Waals surface area contributed by atoms with Gasteiger partial charge in [-0.15, -0.1) is 0 Å². The van der Waals surface area contributed by atoms with E-state index in [-0.39, 0.29) is 18.0 Å². The molecule has 6 rings (SSSR count). The Morgan fingerprint density at radius 2 is 1.88 bits per heavy atom. The van der Waals surface area contributed by atoms with Crippen LogP contribution in [0.4, 0.5) is 0 Å². The van der Waals surface area contributed by atoms with Gasteiger partial charge in [0.05, 0.1) is 36.3 Å². The summed E-state index contributed by atoms with van der Waals surface area (Å²) in [4.78, 5) is 29.3. The molecule has 202 valence electrons. The fourth-order valence-electron chi connectivity index (χ4n) is 5.29. The quantitative estimate of drug-likeness (QED) is 0.238. The molecule has 3 aromatic carbocycles. The van der Waals surface area contributed by atoms with Crippen LogP contribution in [0.3, 0.4) is 0 Å². The lowest BCUT2D eigenvalue weighted by molar-refractivity contribution is 0.0729. The largest absolute Gasteiger partial charge is 0.497 e. The van der Waals surface area contributed by atoms with Crippen LogP contribution >= 0.6 is 27.5 Å². The van der Waals surface area contributed by atoms with Gasteiger partial charge in [0.2, 0.25) is 0 Å². The van der Waals surface area contributed by atoms with Gasteiger partial charge in [-0.05, 0) is 71.1 Å². The number of nitrogens with zero attached hydrogens (tertiary/aromatic N) is 4. The van der Waals surface area contributed by atoms with E-state index in [4.69, 9.17) is 21.4 Å². The van der Waals surface area contributed by atoms with Crippen LogP contribution in [0.2, 0.25) is 5.02 Å². The number of carbonyl (C=O) groups is 1. The molecule has 40 heavy (non-hydrogen) atoms. The van der Waals surface area contributed by atoms with Gasteiger partial charge in [-0.25, -0.2) is 4.52 Å². The minimum atomic E-state index is -0.137. The van der Waals surface area contributed by atoms with E-state index in [1.165, 1.54) is 5.56 Å². The van der Waals surface area contributed by atoms with Crippen molar-refractivity contribution in [1.29, 1.82) is 0 Å². The van der Waals surface area contributed by atoms with Crippen LogP contribution < -0.4 is 10.3 Å². The summed E-state index contributed by atoms with van der Waals surface area (Å²) in [6.45, 7) is 0.687. The zero-order chi connectivity index (χ0) is 27.8. The molecular weight excluding hydrogens is 592 g/mol. The van der Waals surface area contributed by atoms with E-state index in [0.717, 1.165) is 22.2 Å². The van der Waals surface area contributed by atoms with Crippen molar-refractivity contribution in [3.63, 3.8) is 0 Å². The molecule has 0 saturated carbocycles. The van der Waals surface area contributed by atoms with Crippen LogP contribution in [-0.4, -0.2) is 38.6 Å². The molecule has 0 atom stereocenters. The maximum Gasteiger partial charge on any atom is 0.261 e. The number of hydrogen-bond acceptors (Lipinski definition) is 4. The molecule has 0 unspecified atom stereocenters. The van der Waals surface area contributed by atoms with Crippen LogP contribution in [0, 0.1) is 0 Å². The van der Waals surface area contributed by atoms with E-state index in [9.17, 15) is 9.59 Å². The molecule has 0 radical (unpaired) electrons. The predicted octanol–water partition coefficient (Wildman–Crippen LogP) is 5.89. The molecule has 0 spiro atoms. The van der Waals surface area contributed by atoms with E-state index in [1.807, 2.05) is 53.2 Å². The zero-order valence-corrected chi connectivity index (χ0v) is 24.2. The van der Waals surface area contributed by atoms with E-state index >= 15 is 0 Å². The first-order valence-electron chi connectivity index (χ1n) is 13.0. The average molecular weight is 618 g/mol. The summed E-state index contributed by atoms with van der Waals surface area (Å²) >= 11 is 9.65. The third-order valence-corrected chi connectivity index (χ3v) is 8.59. The van der Waals surface area contributed by atoms with Crippen molar-refractivity contribution < 1.29 is 9.53 Å². The Balaban J connectivity index is 1.46. The fraction of sp³-hybridized carbons (Fsp3) is 0.194. The van der Waals surface area contributed by atoms with Crippen LogP contribution in [0.25, 0.3) is 11.3 Å². The molecule has 1 aliphatic rings. The second-order valence-corrected chi connectivity index (χ2v) is 11.0. The molecule has 7 nitrogen and oxygen atoms in total. The molecule has 3 heterocycles. The lowest BCUT2D eigenvalue weighted by Gasteiger charge is -2.30. The van der Waals surface area contributed by atoms with E-state index in [2.05, 4.69) is 28.1 Å². The summed E-state index contributed by atoms with van der Waals surface area (Å²) in [5, 5.41) is 5.24. The molecule has 2 aromatic heterocycles. The van der Waals surface area contributed by atoms with Crippen molar-refractivity contribution >= 4 is 39.1 Å². The maximum atomic E-state index is 14.1. The zero-order valence-electron chi connectivity index (χ0n) is 21.8. The van der Waals surface area contributed by atoms with Crippen molar-refractivity contribution in [3.8, 4) is 11.4 Å². The topological polar surface area (TPSA) is 68.8 Å². The number of carbonyl (C=O) groups excluding carboxylic acids is 1.